The number of rotatable bonds is 8. The third-order valence-electron chi connectivity index (χ3n) is 9.21. The molecule has 2 amide bonds. The summed E-state index contributed by atoms with van der Waals surface area (Å²) in [4.78, 5) is 34.7. The van der Waals surface area contributed by atoms with Crippen molar-refractivity contribution in [2.24, 2.45) is 11.3 Å². The Morgan fingerprint density at radius 2 is 1.57 bits per heavy atom. The van der Waals surface area contributed by atoms with Crippen LogP contribution < -0.4 is 14.4 Å². The van der Waals surface area contributed by atoms with Crippen molar-refractivity contribution in [1.29, 1.82) is 0 Å². The number of alkyl halides is 3. The Kier molecular flexibility index (Phi) is 7.66. The van der Waals surface area contributed by atoms with Crippen molar-refractivity contribution in [2.45, 2.75) is 45.2 Å². The number of halogens is 3. The Morgan fingerprint density at radius 1 is 0.891 bits per heavy atom. The van der Waals surface area contributed by atoms with E-state index in [0.717, 1.165) is 11.1 Å². The normalized spacial score (nSPS) is 18.4. The lowest BCUT2D eigenvalue weighted by Crippen LogP contribution is -2.57. The number of aromatic nitrogens is 1. The number of carbonyl (C=O) groups is 2. The Labute approximate surface area is 264 Å². The fourth-order valence-corrected chi connectivity index (χ4v) is 6.78. The van der Waals surface area contributed by atoms with Crippen LogP contribution in [0.25, 0.3) is 0 Å². The largest absolute Gasteiger partial charge is 0.473 e. The third-order valence-corrected chi connectivity index (χ3v) is 9.21. The summed E-state index contributed by atoms with van der Waals surface area (Å²) in [6.45, 7) is 1.41. The molecule has 1 saturated heterocycles. The number of hydrogen-bond donors (Lipinski definition) is 0. The lowest BCUT2D eigenvalue weighted by molar-refractivity contribution is -0.176. The molecule has 46 heavy (non-hydrogen) atoms. The Balaban J connectivity index is 1.07. The van der Waals surface area contributed by atoms with Gasteiger partial charge in [-0.1, -0.05) is 60.7 Å². The second kappa shape index (κ2) is 11.8. The van der Waals surface area contributed by atoms with Crippen LogP contribution in [0.1, 0.15) is 56.7 Å². The number of hydrogen-bond acceptors (Lipinski definition) is 5. The van der Waals surface area contributed by atoms with Crippen molar-refractivity contribution in [1.82, 2.24) is 9.88 Å². The minimum Gasteiger partial charge on any atom is -0.473 e. The number of fused-ring (bicyclic) bond motifs is 1. The van der Waals surface area contributed by atoms with Gasteiger partial charge in [-0.3, -0.25) is 14.5 Å². The number of amides is 2. The molecule has 3 aromatic carbocycles. The molecule has 0 bridgehead atoms. The summed E-state index contributed by atoms with van der Waals surface area (Å²) >= 11 is 0. The molecule has 1 atom stereocenters. The molecule has 0 N–H and O–H groups in total. The molecule has 1 spiro atoms. The van der Waals surface area contributed by atoms with Gasteiger partial charge in [-0.05, 0) is 60.2 Å². The zero-order valence-corrected chi connectivity index (χ0v) is 25.0. The first-order valence-corrected chi connectivity index (χ1v) is 15.3. The summed E-state index contributed by atoms with van der Waals surface area (Å²) in [5, 5.41) is 0. The van der Waals surface area contributed by atoms with Crippen LogP contribution in [0.15, 0.2) is 91.0 Å². The molecule has 4 aromatic rings. The van der Waals surface area contributed by atoms with Gasteiger partial charge in [0.25, 0.3) is 11.8 Å². The van der Waals surface area contributed by atoms with E-state index in [1.165, 1.54) is 0 Å². The highest BCUT2D eigenvalue weighted by atomic mass is 19.4. The van der Waals surface area contributed by atoms with E-state index in [-0.39, 0.29) is 43.7 Å². The molecule has 7 nitrogen and oxygen atoms in total. The second-order valence-corrected chi connectivity index (χ2v) is 12.4. The molecule has 2 aliphatic heterocycles. The first-order chi connectivity index (χ1) is 22.2. The summed E-state index contributed by atoms with van der Waals surface area (Å²) in [7, 11) is 0. The lowest BCUT2D eigenvalue weighted by atomic mass is 9.77. The van der Waals surface area contributed by atoms with Crippen LogP contribution in [0.4, 0.5) is 18.9 Å². The Hall–Kier alpha value is -4.86. The third kappa shape index (κ3) is 5.91. The summed E-state index contributed by atoms with van der Waals surface area (Å²) in [6, 6.07) is 27.8. The van der Waals surface area contributed by atoms with Crippen LogP contribution in [-0.4, -0.2) is 41.0 Å². The van der Waals surface area contributed by atoms with Crippen molar-refractivity contribution in [2.75, 3.05) is 18.0 Å². The van der Waals surface area contributed by atoms with E-state index in [9.17, 15) is 22.8 Å². The van der Waals surface area contributed by atoms with Crippen LogP contribution in [0.2, 0.25) is 0 Å². The molecule has 236 valence electrons. The maximum absolute atomic E-state index is 13.6. The van der Waals surface area contributed by atoms with E-state index in [2.05, 4.69) is 4.98 Å². The average Bonchev–Trinajstić information content (AvgIpc) is 3.65. The SMILES string of the molecule is O=C(c1ccc2c(c1)CN(c1ccc(OCc3ccccc3)nc1OCc1ccccc1)C2=O)N1CC2(CCC(C(F)(F)F)C2)C1. The van der Waals surface area contributed by atoms with Crippen molar-refractivity contribution in [3.8, 4) is 11.8 Å². The summed E-state index contributed by atoms with van der Waals surface area (Å²) in [5.74, 6) is -1.17. The van der Waals surface area contributed by atoms with Crippen molar-refractivity contribution in [3.05, 3.63) is 119 Å². The van der Waals surface area contributed by atoms with Crippen LogP contribution in [-0.2, 0) is 19.8 Å². The highest BCUT2D eigenvalue weighted by molar-refractivity contribution is 6.11. The van der Waals surface area contributed by atoms with Crippen molar-refractivity contribution < 1.29 is 32.2 Å². The van der Waals surface area contributed by atoms with Gasteiger partial charge in [0, 0.05) is 35.7 Å². The Morgan fingerprint density at radius 3 is 2.22 bits per heavy atom. The van der Waals surface area contributed by atoms with E-state index in [1.807, 2.05) is 60.7 Å². The predicted octanol–water partition coefficient (Wildman–Crippen LogP) is 7.20. The standard InChI is InChI=1S/C36H32F3N3O4/c37-36(38,39)28-15-16-35(18-28)22-41(23-35)33(43)26-11-12-29-27(17-26)19-42(34(29)44)30-13-14-31(45-20-24-7-3-1-4-8-24)40-32(30)46-21-25-9-5-2-6-10-25/h1-14,17,28H,15-16,18-23H2. The van der Waals surface area contributed by atoms with E-state index in [4.69, 9.17) is 9.47 Å². The van der Waals surface area contributed by atoms with Crippen LogP contribution in [0.3, 0.4) is 0 Å². The molecule has 1 saturated carbocycles. The molecular weight excluding hydrogens is 595 g/mol. The molecule has 1 aliphatic carbocycles. The molecule has 0 radical (unpaired) electrons. The van der Waals surface area contributed by atoms with Gasteiger partial charge >= 0.3 is 6.18 Å². The van der Waals surface area contributed by atoms with Gasteiger partial charge < -0.3 is 14.4 Å². The first-order valence-electron chi connectivity index (χ1n) is 15.3. The maximum atomic E-state index is 13.6. The zero-order chi connectivity index (χ0) is 31.9. The van der Waals surface area contributed by atoms with E-state index >= 15 is 0 Å². The van der Waals surface area contributed by atoms with E-state index < -0.39 is 17.5 Å². The van der Waals surface area contributed by atoms with Crippen molar-refractivity contribution in [3.63, 3.8) is 0 Å². The number of likely N-dealkylation sites (tertiary alicyclic amines) is 1. The summed E-state index contributed by atoms with van der Waals surface area (Å²) < 4.78 is 51.8. The van der Waals surface area contributed by atoms with Crippen LogP contribution in [0, 0.1) is 11.3 Å². The highest BCUT2D eigenvalue weighted by Gasteiger charge is 2.55. The first kappa shape index (κ1) is 29.8. The molecule has 10 heteroatoms. The van der Waals surface area contributed by atoms with Gasteiger partial charge in [-0.2, -0.15) is 18.2 Å². The summed E-state index contributed by atoms with van der Waals surface area (Å²) in [6.07, 6.45) is -3.52. The van der Waals surface area contributed by atoms with E-state index in [1.54, 1.807) is 40.1 Å². The predicted molar refractivity (Wildman–Crippen MR) is 164 cm³/mol. The molecule has 1 aromatic heterocycles. The van der Waals surface area contributed by atoms with Gasteiger partial charge in [0.2, 0.25) is 11.8 Å². The minimum absolute atomic E-state index is 0.0761. The van der Waals surface area contributed by atoms with Crippen LogP contribution >= 0.6 is 0 Å². The number of pyridine rings is 1. The monoisotopic (exact) mass is 627 g/mol. The van der Waals surface area contributed by atoms with E-state index in [0.29, 0.717) is 54.4 Å². The average molecular weight is 628 g/mol. The number of anilines is 1. The number of carbonyl (C=O) groups excluding carboxylic acids is 2. The van der Waals surface area contributed by atoms with Gasteiger partial charge in [0.1, 0.15) is 18.9 Å². The molecule has 1 unspecified atom stereocenters. The molecule has 7 rings (SSSR count). The highest BCUT2D eigenvalue weighted by Crippen LogP contribution is 2.53. The molecular formula is C36H32F3N3O4. The van der Waals surface area contributed by atoms with Crippen LogP contribution in [0.5, 0.6) is 11.8 Å². The molecule has 3 heterocycles. The number of benzene rings is 3. The van der Waals surface area contributed by atoms with Gasteiger partial charge in [-0.25, -0.2) is 0 Å². The number of ether oxygens (including phenoxy) is 2. The van der Waals surface area contributed by atoms with Gasteiger partial charge in [0.15, 0.2) is 0 Å². The quantitative estimate of drug-likeness (QED) is 0.207. The molecule has 3 aliphatic rings. The fourth-order valence-electron chi connectivity index (χ4n) is 6.78. The van der Waals surface area contributed by atoms with Gasteiger partial charge in [-0.15, -0.1) is 0 Å². The smallest absolute Gasteiger partial charge is 0.391 e. The van der Waals surface area contributed by atoms with Crippen molar-refractivity contribution >= 4 is 17.5 Å². The topological polar surface area (TPSA) is 72.0 Å². The lowest BCUT2D eigenvalue weighted by Gasteiger charge is -2.48. The summed E-state index contributed by atoms with van der Waals surface area (Å²) in [5.41, 5.74) is 3.52. The number of nitrogens with zero attached hydrogens (tertiary/aromatic N) is 3. The fraction of sp³-hybridized carbons (Fsp3) is 0.306. The Bertz CT molecular complexity index is 1760. The maximum Gasteiger partial charge on any atom is 0.391 e. The molecule has 2 fully saturated rings. The van der Waals surface area contributed by atoms with Gasteiger partial charge in [0.05, 0.1) is 12.5 Å². The minimum atomic E-state index is -4.19. The zero-order valence-electron chi connectivity index (χ0n) is 25.0. The second-order valence-electron chi connectivity index (χ2n) is 12.4.